The van der Waals surface area contributed by atoms with Gasteiger partial charge in [-0.15, -0.1) is 0 Å². The molecule has 0 bridgehead atoms. The van der Waals surface area contributed by atoms with E-state index in [0.29, 0.717) is 41.6 Å². The third-order valence-corrected chi connectivity index (χ3v) is 5.94. The number of carbonyl (C=O) groups is 1. The van der Waals surface area contributed by atoms with Gasteiger partial charge >= 0.3 is 0 Å². The van der Waals surface area contributed by atoms with E-state index in [2.05, 4.69) is 9.88 Å². The second-order valence-electron chi connectivity index (χ2n) is 8.10. The Labute approximate surface area is 175 Å². The minimum absolute atomic E-state index is 0.164. The van der Waals surface area contributed by atoms with Crippen LogP contribution in [0.3, 0.4) is 0 Å². The van der Waals surface area contributed by atoms with Crippen molar-refractivity contribution in [3.05, 3.63) is 53.0 Å². The molecule has 0 radical (unpaired) electrons. The minimum Gasteiger partial charge on any atom is -0.486 e. The summed E-state index contributed by atoms with van der Waals surface area (Å²) in [4.78, 5) is 20.2. The van der Waals surface area contributed by atoms with Gasteiger partial charge in [0.25, 0.3) is 0 Å². The molecular formula is C24H26N2O4. The summed E-state index contributed by atoms with van der Waals surface area (Å²) in [7, 11) is 0. The lowest BCUT2D eigenvalue weighted by atomic mass is 10.1. The van der Waals surface area contributed by atoms with E-state index in [4.69, 9.17) is 13.9 Å². The lowest BCUT2D eigenvalue weighted by Crippen LogP contribution is -2.24. The number of carbonyl (C=O) groups excluding carboxylic acids is 1. The molecule has 0 amide bonds. The number of pyridine rings is 1. The molecule has 3 aromatic rings. The maximum atomic E-state index is 13.1. The molecule has 6 heteroatoms. The van der Waals surface area contributed by atoms with E-state index in [1.807, 2.05) is 19.2 Å². The summed E-state index contributed by atoms with van der Waals surface area (Å²) in [5.74, 6) is 1.43. The van der Waals surface area contributed by atoms with Gasteiger partial charge in [0.15, 0.2) is 22.8 Å². The third kappa shape index (κ3) is 3.67. The number of nitrogens with zero attached hydrogens (tertiary/aromatic N) is 2. The van der Waals surface area contributed by atoms with Crippen LogP contribution in [0.1, 0.15) is 53.1 Å². The van der Waals surface area contributed by atoms with E-state index in [-0.39, 0.29) is 5.78 Å². The number of fused-ring (bicyclic) bond motifs is 2. The Morgan fingerprint density at radius 3 is 2.60 bits per heavy atom. The van der Waals surface area contributed by atoms with Crippen LogP contribution in [0.5, 0.6) is 11.5 Å². The lowest BCUT2D eigenvalue weighted by molar-refractivity contribution is 0.101. The van der Waals surface area contributed by atoms with Crippen LogP contribution in [0.4, 0.5) is 0 Å². The number of rotatable bonds is 4. The fraction of sp³-hybridized carbons (Fsp3) is 0.417. The summed E-state index contributed by atoms with van der Waals surface area (Å²) in [6, 6.07) is 7.14. The predicted molar refractivity (Wildman–Crippen MR) is 113 cm³/mol. The van der Waals surface area contributed by atoms with Crippen molar-refractivity contribution < 1.29 is 18.7 Å². The van der Waals surface area contributed by atoms with Gasteiger partial charge in [0.2, 0.25) is 5.78 Å². The van der Waals surface area contributed by atoms with E-state index in [0.717, 1.165) is 36.3 Å². The van der Waals surface area contributed by atoms with Crippen molar-refractivity contribution in [2.45, 2.75) is 39.2 Å². The van der Waals surface area contributed by atoms with E-state index < -0.39 is 0 Å². The molecule has 0 atom stereocenters. The number of likely N-dealkylation sites (tertiary alicyclic amines) is 1. The van der Waals surface area contributed by atoms with Gasteiger partial charge in [-0.3, -0.25) is 14.7 Å². The summed E-state index contributed by atoms with van der Waals surface area (Å²) in [5, 5.41) is 0.979. The zero-order valence-corrected chi connectivity index (χ0v) is 17.3. The van der Waals surface area contributed by atoms with Gasteiger partial charge in [0, 0.05) is 23.7 Å². The molecule has 0 spiro atoms. The molecule has 1 saturated heterocycles. The lowest BCUT2D eigenvalue weighted by Gasteiger charge is -2.20. The van der Waals surface area contributed by atoms with Crippen molar-refractivity contribution in [2.75, 3.05) is 26.3 Å². The smallest absolute Gasteiger partial charge is 0.228 e. The predicted octanol–water partition coefficient (Wildman–Crippen LogP) is 4.51. The molecule has 0 N–H and O–H groups in total. The number of benzene rings is 1. The standard InChI is InChI=1S/C24H26N2O4/c1-16-24-19(18(14-25-16)15-26-8-4-2-3-5-9-26)13-22(30-24)23(27)17-6-7-20-21(12-17)29-11-10-28-20/h6-7,12-14H,2-5,8-11,15H2,1H3. The molecule has 0 saturated carbocycles. The Balaban J connectivity index is 1.46. The fourth-order valence-electron chi connectivity index (χ4n) is 4.30. The zero-order chi connectivity index (χ0) is 20.5. The van der Waals surface area contributed by atoms with E-state index in [1.54, 1.807) is 18.2 Å². The Kier molecular flexibility index (Phi) is 5.17. The first-order valence-electron chi connectivity index (χ1n) is 10.7. The summed E-state index contributed by atoms with van der Waals surface area (Å²) in [6.45, 7) is 5.98. The number of ether oxygens (including phenoxy) is 2. The zero-order valence-electron chi connectivity index (χ0n) is 17.3. The average molecular weight is 406 g/mol. The van der Waals surface area contributed by atoms with Gasteiger partial charge in [-0.2, -0.15) is 0 Å². The summed E-state index contributed by atoms with van der Waals surface area (Å²) >= 11 is 0. The topological polar surface area (TPSA) is 64.8 Å². The van der Waals surface area contributed by atoms with Gasteiger partial charge in [0.05, 0.1) is 5.69 Å². The largest absolute Gasteiger partial charge is 0.486 e. The molecule has 30 heavy (non-hydrogen) atoms. The van der Waals surface area contributed by atoms with Crippen molar-refractivity contribution in [2.24, 2.45) is 0 Å². The monoisotopic (exact) mass is 406 g/mol. The molecule has 2 aliphatic heterocycles. The number of hydrogen-bond donors (Lipinski definition) is 0. The van der Waals surface area contributed by atoms with E-state index in [9.17, 15) is 4.79 Å². The maximum Gasteiger partial charge on any atom is 0.228 e. The van der Waals surface area contributed by atoms with Gasteiger partial charge in [-0.25, -0.2) is 0 Å². The average Bonchev–Trinajstić information content (AvgIpc) is 3.08. The highest BCUT2D eigenvalue weighted by Gasteiger charge is 2.21. The van der Waals surface area contributed by atoms with Crippen LogP contribution in [0.2, 0.25) is 0 Å². The molecule has 2 aromatic heterocycles. The van der Waals surface area contributed by atoms with Crippen molar-refractivity contribution in [1.82, 2.24) is 9.88 Å². The van der Waals surface area contributed by atoms with E-state index in [1.165, 1.54) is 25.7 Å². The summed E-state index contributed by atoms with van der Waals surface area (Å²) < 4.78 is 17.2. The second-order valence-corrected chi connectivity index (χ2v) is 8.10. The van der Waals surface area contributed by atoms with Crippen LogP contribution in [0, 0.1) is 6.92 Å². The maximum absolute atomic E-state index is 13.1. The van der Waals surface area contributed by atoms with Crippen molar-refractivity contribution >= 4 is 16.8 Å². The van der Waals surface area contributed by atoms with Crippen molar-refractivity contribution in [3.8, 4) is 11.5 Å². The molecule has 0 aliphatic carbocycles. The molecule has 156 valence electrons. The third-order valence-electron chi connectivity index (χ3n) is 5.94. The van der Waals surface area contributed by atoms with Gasteiger partial charge in [-0.05, 0) is 62.7 Å². The van der Waals surface area contributed by atoms with Gasteiger partial charge in [-0.1, -0.05) is 12.8 Å². The van der Waals surface area contributed by atoms with Crippen LogP contribution in [0.15, 0.2) is 34.9 Å². The molecule has 6 nitrogen and oxygen atoms in total. The highest BCUT2D eigenvalue weighted by Crippen LogP contribution is 2.33. The molecule has 4 heterocycles. The Morgan fingerprint density at radius 1 is 1.03 bits per heavy atom. The highest BCUT2D eigenvalue weighted by molar-refractivity contribution is 6.09. The summed E-state index contributed by atoms with van der Waals surface area (Å²) in [5.41, 5.74) is 3.13. The number of aromatic nitrogens is 1. The molecule has 5 rings (SSSR count). The number of furan rings is 1. The van der Waals surface area contributed by atoms with Crippen LogP contribution >= 0.6 is 0 Å². The minimum atomic E-state index is -0.164. The SMILES string of the molecule is Cc1ncc(CN2CCCCCC2)c2cc(C(=O)c3ccc4c(c3)OCCO4)oc12. The first-order chi connectivity index (χ1) is 14.7. The first kappa shape index (κ1) is 19.1. The number of hydrogen-bond acceptors (Lipinski definition) is 6. The molecule has 2 aliphatic rings. The first-order valence-corrected chi connectivity index (χ1v) is 10.7. The van der Waals surface area contributed by atoms with E-state index >= 15 is 0 Å². The molecular weight excluding hydrogens is 380 g/mol. The van der Waals surface area contributed by atoms with Crippen LogP contribution < -0.4 is 9.47 Å². The van der Waals surface area contributed by atoms with Gasteiger partial charge in [0.1, 0.15) is 13.2 Å². The number of aryl methyl sites for hydroxylation is 1. The van der Waals surface area contributed by atoms with Crippen LogP contribution in [0.25, 0.3) is 11.0 Å². The number of ketones is 1. The molecule has 0 unspecified atom stereocenters. The van der Waals surface area contributed by atoms with Crippen LogP contribution in [-0.2, 0) is 6.54 Å². The highest BCUT2D eigenvalue weighted by atomic mass is 16.6. The Hall–Kier alpha value is -2.86. The van der Waals surface area contributed by atoms with Crippen molar-refractivity contribution in [1.29, 1.82) is 0 Å². The molecule has 1 aromatic carbocycles. The van der Waals surface area contributed by atoms with Crippen molar-refractivity contribution in [3.63, 3.8) is 0 Å². The summed E-state index contributed by atoms with van der Waals surface area (Å²) in [6.07, 6.45) is 7.01. The fourth-order valence-corrected chi connectivity index (χ4v) is 4.30. The normalized spacial score (nSPS) is 17.1. The van der Waals surface area contributed by atoms with Gasteiger partial charge < -0.3 is 13.9 Å². The van der Waals surface area contributed by atoms with Crippen LogP contribution in [-0.4, -0.2) is 42.0 Å². The Morgan fingerprint density at radius 2 is 1.80 bits per heavy atom. The Bertz CT molecular complexity index is 1080. The second kappa shape index (κ2) is 8.11. The molecule has 1 fully saturated rings. The quantitative estimate of drug-likeness (QED) is 0.594.